The molecule has 1 atom stereocenters. The topological polar surface area (TPSA) is 100 Å². The number of hydrogen-bond acceptors (Lipinski definition) is 5. The molecule has 0 bridgehead atoms. The Morgan fingerprint density at radius 2 is 2.14 bits per heavy atom. The molecule has 2 aromatic heterocycles. The van der Waals surface area contributed by atoms with Crippen LogP contribution in [-0.4, -0.2) is 44.9 Å². The molecular formula is C13H16N5O3S+. The SMILES string of the molecule is O=S(=O)(O)N1CCCC1C[n+]1ccc(-c2ncccn2)cn1. The lowest BCUT2D eigenvalue weighted by atomic mass is 10.2. The summed E-state index contributed by atoms with van der Waals surface area (Å²) in [4.78, 5) is 8.29. The molecule has 0 amide bonds. The summed E-state index contributed by atoms with van der Waals surface area (Å²) in [5.41, 5.74) is 0.787. The fourth-order valence-corrected chi connectivity index (χ4v) is 3.49. The van der Waals surface area contributed by atoms with E-state index in [4.69, 9.17) is 0 Å². The average molecular weight is 322 g/mol. The van der Waals surface area contributed by atoms with Crippen molar-refractivity contribution in [3.8, 4) is 11.4 Å². The highest BCUT2D eigenvalue weighted by Gasteiger charge is 2.35. The van der Waals surface area contributed by atoms with Gasteiger partial charge in [-0.25, -0.2) is 9.97 Å². The summed E-state index contributed by atoms with van der Waals surface area (Å²) in [6.07, 6.45) is 8.16. The van der Waals surface area contributed by atoms with Crippen molar-refractivity contribution in [3.63, 3.8) is 0 Å². The minimum atomic E-state index is -4.15. The van der Waals surface area contributed by atoms with E-state index in [0.29, 0.717) is 25.3 Å². The molecule has 0 saturated carbocycles. The molecule has 3 heterocycles. The average Bonchev–Trinajstić information content (AvgIpc) is 2.97. The van der Waals surface area contributed by atoms with Crippen molar-refractivity contribution in [2.24, 2.45) is 0 Å². The second kappa shape index (κ2) is 6.03. The molecule has 8 nitrogen and oxygen atoms in total. The minimum absolute atomic E-state index is 0.272. The van der Waals surface area contributed by atoms with E-state index in [1.54, 1.807) is 35.5 Å². The number of rotatable bonds is 4. The molecule has 1 aliphatic heterocycles. The molecule has 9 heteroatoms. The van der Waals surface area contributed by atoms with E-state index >= 15 is 0 Å². The molecule has 22 heavy (non-hydrogen) atoms. The Bertz CT molecular complexity index is 736. The summed E-state index contributed by atoms with van der Waals surface area (Å²) < 4.78 is 34.6. The third-order valence-corrected chi connectivity index (χ3v) is 4.69. The molecule has 116 valence electrons. The van der Waals surface area contributed by atoms with Gasteiger partial charge < -0.3 is 0 Å². The van der Waals surface area contributed by atoms with Crippen LogP contribution in [0.5, 0.6) is 0 Å². The van der Waals surface area contributed by atoms with Crippen LogP contribution in [0.1, 0.15) is 12.8 Å². The summed E-state index contributed by atoms with van der Waals surface area (Å²) in [5.74, 6) is 0.586. The Kier molecular flexibility index (Phi) is 4.10. The van der Waals surface area contributed by atoms with Crippen molar-refractivity contribution in [1.29, 1.82) is 0 Å². The maximum atomic E-state index is 11.3. The van der Waals surface area contributed by atoms with E-state index in [1.807, 2.05) is 6.07 Å². The quantitative estimate of drug-likeness (QED) is 0.633. The highest BCUT2D eigenvalue weighted by molar-refractivity contribution is 7.83. The first-order valence-electron chi connectivity index (χ1n) is 6.91. The van der Waals surface area contributed by atoms with E-state index in [9.17, 15) is 13.0 Å². The Labute approximate surface area is 128 Å². The Balaban J connectivity index is 1.74. The van der Waals surface area contributed by atoms with Gasteiger partial charge in [-0.15, -0.1) is 0 Å². The first-order chi connectivity index (χ1) is 10.5. The van der Waals surface area contributed by atoms with E-state index in [0.717, 1.165) is 16.3 Å². The predicted octanol–water partition coefficient (Wildman–Crippen LogP) is 0.0933. The molecule has 3 rings (SSSR count). The monoisotopic (exact) mass is 322 g/mol. The van der Waals surface area contributed by atoms with Crippen LogP contribution in [0.15, 0.2) is 36.9 Å². The molecule has 1 unspecified atom stereocenters. The number of aromatic nitrogens is 4. The maximum Gasteiger partial charge on any atom is 0.336 e. The maximum absolute atomic E-state index is 11.3. The predicted molar refractivity (Wildman–Crippen MR) is 76.7 cm³/mol. The zero-order valence-electron chi connectivity index (χ0n) is 11.8. The smallest absolute Gasteiger partial charge is 0.273 e. The van der Waals surface area contributed by atoms with Gasteiger partial charge in [0, 0.05) is 30.6 Å². The van der Waals surface area contributed by atoms with Gasteiger partial charge in [0.2, 0.25) is 0 Å². The van der Waals surface area contributed by atoms with Crippen LogP contribution in [0.2, 0.25) is 0 Å². The van der Waals surface area contributed by atoms with Crippen LogP contribution in [0, 0.1) is 0 Å². The van der Waals surface area contributed by atoms with Crippen molar-refractivity contribution in [3.05, 3.63) is 36.9 Å². The van der Waals surface area contributed by atoms with E-state index in [2.05, 4.69) is 15.1 Å². The summed E-state index contributed by atoms with van der Waals surface area (Å²) >= 11 is 0. The van der Waals surface area contributed by atoms with Gasteiger partial charge >= 0.3 is 10.3 Å². The van der Waals surface area contributed by atoms with Crippen molar-refractivity contribution in [1.82, 2.24) is 19.4 Å². The molecule has 0 radical (unpaired) electrons. The van der Waals surface area contributed by atoms with Gasteiger partial charge in [0.25, 0.3) is 0 Å². The molecule has 1 N–H and O–H groups in total. The second-order valence-corrected chi connectivity index (χ2v) is 6.46. The van der Waals surface area contributed by atoms with Crippen LogP contribution < -0.4 is 4.68 Å². The molecule has 0 spiro atoms. The molecule has 1 aliphatic rings. The zero-order chi connectivity index (χ0) is 15.6. The summed E-state index contributed by atoms with van der Waals surface area (Å²) in [7, 11) is -4.15. The molecule has 2 aromatic rings. The van der Waals surface area contributed by atoms with Crippen LogP contribution in [0.3, 0.4) is 0 Å². The molecule has 1 saturated heterocycles. The van der Waals surface area contributed by atoms with Gasteiger partial charge in [-0.3, -0.25) is 4.55 Å². The summed E-state index contributed by atoms with van der Waals surface area (Å²) in [5, 5.41) is 4.27. The van der Waals surface area contributed by atoms with Gasteiger partial charge in [0.1, 0.15) is 6.20 Å². The molecule has 0 aromatic carbocycles. The zero-order valence-corrected chi connectivity index (χ0v) is 12.6. The number of hydrogen-bond donors (Lipinski definition) is 1. The van der Waals surface area contributed by atoms with Gasteiger partial charge in [-0.2, -0.15) is 12.7 Å². The van der Waals surface area contributed by atoms with Gasteiger partial charge in [-0.05, 0) is 24.0 Å². The van der Waals surface area contributed by atoms with E-state index in [-0.39, 0.29) is 6.04 Å². The first kappa shape index (κ1) is 14.9. The van der Waals surface area contributed by atoms with Crippen LogP contribution in [0.25, 0.3) is 11.4 Å². The van der Waals surface area contributed by atoms with Crippen LogP contribution >= 0.6 is 0 Å². The van der Waals surface area contributed by atoms with E-state index < -0.39 is 10.3 Å². The van der Waals surface area contributed by atoms with Crippen molar-refractivity contribution in [2.45, 2.75) is 25.4 Å². The van der Waals surface area contributed by atoms with Gasteiger partial charge in [0.15, 0.2) is 18.6 Å². The third-order valence-electron chi connectivity index (χ3n) is 3.61. The Hall–Kier alpha value is -1.97. The van der Waals surface area contributed by atoms with Gasteiger partial charge in [0.05, 0.1) is 6.04 Å². The highest BCUT2D eigenvalue weighted by Crippen LogP contribution is 2.20. The molecule has 1 fully saturated rings. The highest BCUT2D eigenvalue weighted by atomic mass is 32.2. The Morgan fingerprint density at radius 3 is 2.77 bits per heavy atom. The molecule has 0 aliphatic carbocycles. The lowest BCUT2D eigenvalue weighted by molar-refractivity contribution is -0.756. The van der Waals surface area contributed by atoms with Crippen molar-refractivity contribution < 1.29 is 17.7 Å². The minimum Gasteiger partial charge on any atom is -0.273 e. The fourth-order valence-electron chi connectivity index (χ4n) is 2.58. The summed E-state index contributed by atoms with van der Waals surface area (Å²) in [6.45, 7) is 0.746. The lowest BCUT2D eigenvalue weighted by Gasteiger charge is -2.17. The fraction of sp³-hybridized carbons (Fsp3) is 0.385. The van der Waals surface area contributed by atoms with Crippen molar-refractivity contribution in [2.75, 3.05) is 6.54 Å². The van der Waals surface area contributed by atoms with E-state index in [1.165, 1.54) is 0 Å². The van der Waals surface area contributed by atoms with Crippen molar-refractivity contribution >= 4 is 10.3 Å². The van der Waals surface area contributed by atoms with Crippen LogP contribution in [0.4, 0.5) is 0 Å². The standard InChI is InChI=1S/C13H15N5O3S/c19-22(20,21)18-7-1-3-12(18)10-17-8-4-11(9-16-17)13-14-5-2-6-15-13/h2,4-6,8-9,12H,1,3,7,10H2/p+1. The lowest BCUT2D eigenvalue weighted by Crippen LogP contribution is -2.48. The normalized spacial score (nSPS) is 19.4. The van der Waals surface area contributed by atoms with Crippen LogP contribution in [-0.2, 0) is 16.8 Å². The summed E-state index contributed by atoms with van der Waals surface area (Å²) in [6, 6.07) is 3.30. The largest absolute Gasteiger partial charge is 0.336 e. The number of nitrogens with zero attached hydrogens (tertiary/aromatic N) is 5. The Morgan fingerprint density at radius 1 is 1.36 bits per heavy atom. The first-order valence-corrected chi connectivity index (χ1v) is 8.31. The third kappa shape index (κ3) is 3.26. The molecular weight excluding hydrogens is 306 g/mol. The second-order valence-electron chi connectivity index (χ2n) is 5.09. The van der Waals surface area contributed by atoms with Gasteiger partial charge in [-0.1, -0.05) is 4.68 Å².